The van der Waals surface area contributed by atoms with Crippen molar-refractivity contribution < 1.29 is 24.5 Å². The number of carboxylic acids is 1. The quantitative estimate of drug-likeness (QED) is 0.588. The summed E-state index contributed by atoms with van der Waals surface area (Å²) in [4.78, 5) is 21.9. The molecule has 0 rings (SSSR count). The number of unbranched alkanes of at least 4 members (excludes halogenated alkanes) is 1. The molecule has 0 bridgehead atoms. The van der Waals surface area contributed by atoms with Gasteiger partial charge in [0.15, 0.2) is 0 Å². The third-order valence-electron chi connectivity index (χ3n) is 2.73. The molecule has 0 heterocycles. The van der Waals surface area contributed by atoms with Gasteiger partial charge < -0.3 is 14.9 Å². The fourth-order valence-electron chi connectivity index (χ4n) is 1.60. The van der Waals surface area contributed by atoms with Gasteiger partial charge in [0.1, 0.15) is 6.10 Å². The highest BCUT2D eigenvalue weighted by Crippen LogP contribution is 2.11. The first kappa shape index (κ1) is 16.9. The van der Waals surface area contributed by atoms with Crippen LogP contribution in [0.1, 0.15) is 58.8 Å². The maximum Gasteiger partial charge on any atom is 0.308 e. The smallest absolute Gasteiger partial charge is 0.308 e. The molecule has 2 atom stereocenters. The average Bonchev–Trinajstić information content (AvgIpc) is 2.31. The van der Waals surface area contributed by atoms with Crippen LogP contribution in [0, 0.1) is 0 Å². The largest absolute Gasteiger partial charge is 0.481 e. The minimum Gasteiger partial charge on any atom is -0.481 e. The van der Waals surface area contributed by atoms with Crippen LogP contribution in [0.15, 0.2) is 0 Å². The Labute approximate surface area is 108 Å². The van der Waals surface area contributed by atoms with E-state index < -0.39 is 18.0 Å². The monoisotopic (exact) mass is 260 g/mol. The number of rotatable bonds is 10. The summed E-state index contributed by atoms with van der Waals surface area (Å²) in [5.74, 6) is -1.34. The Bertz CT molecular complexity index is 252. The molecule has 0 aliphatic rings. The van der Waals surface area contributed by atoms with Crippen molar-refractivity contribution in [3.63, 3.8) is 0 Å². The fraction of sp³-hybridized carbons (Fsp3) is 0.846. The lowest BCUT2D eigenvalue weighted by Gasteiger charge is -2.16. The fourth-order valence-corrected chi connectivity index (χ4v) is 1.60. The Balaban J connectivity index is 3.91. The molecule has 0 aromatic heterocycles. The molecule has 5 heteroatoms. The zero-order valence-corrected chi connectivity index (χ0v) is 11.2. The maximum absolute atomic E-state index is 11.5. The van der Waals surface area contributed by atoms with Crippen LogP contribution < -0.4 is 0 Å². The van der Waals surface area contributed by atoms with E-state index in [9.17, 15) is 14.7 Å². The summed E-state index contributed by atoms with van der Waals surface area (Å²) in [6.07, 6.45) is 2.31. The van der Waals surface area contributed by atoms with Crippen LogP contribution in [0.5, 0.6) is 0 Å². The number of carbonyl (C=O) groups is 2. The van der Waals surface area contributed by atoms with E-state index in [1.807, 2.05) is 13.8 Å². The van der Waals surface area contributed by atoms with E-state index in [2.05, 4.69) is 0 Å². The molecule has 0 spiro atoms. The van der Waals surface area contributed by atoms with Gasteiger partial charge in [-0.05, 0) is 19.3 Å². The minimum absolute atomic E-state index is 0.00975. The maximum atomic E-state index is 11.5. The predicted octanol–water partition coefficient (Wildman–Crippen LogP) is 2.11. The zero-order chi connectivity index (χ0) is 14.0. The first-order chi connectivity index (χ1) is 8.49. The zero-order valence-electron chi connectivity index (χ0n) is 11.2. The van der Waals surface area contributed by atoms with E-state index in [-0.39, 0.29) is 18.9 Å². The minimum atomic E-state index is -0.896. The summed E-state index contributed by atoms with van der Waals surface area (Å²) in [5.41, 5.74) is 0. The molecule has 0 saturated heterocycles. The van der Waals surface area contributed by atoms with E-state index in [4.69, 9.17) is 9.84 Å². The molecule has 0 fully saturated rings. The van der Waals surface area contributed by atoms with Crippen LogP contribution in [0.4, 0.5) is 0 Å². The second-order valence-corrected chi connectivity index (χ2v) is 4.45. The lowest BCUT2D eigenvalue weighted by Crippen LogP contribution is -2.22. The third kappa shape index (κ3) is 8.98. The van der Waals surface area contributed by atoms with Gasteiger partial charge in [0, 0.05) is 6.42 Å². The number of aliphatic hydroxyl groups is 1. The van der Waals surface area contributed by atoms with Gasteiger partial charge in [0.05, 0.1) is 12.5 Å². The van der Waals surface area contributed by atoms with Crippen molar-refractivity contribution in [2.45, 2.75) is 71.0 Å². The van der Waals surface area contributed by atoms with E-state index in [0.717, 1.165) is 12.8 Å². The molecular formula is C13H24O5. The molecule has 2 unspecified atom stereocenters. The van der Waals surface area contributed by atoms with Crippen molar-refractivity contribution in [2.75, 3.05) is 0 Å². The van der Waals surface area contributed by atoms with Crippen molar-refractivity contribution in [2.24, 2.45) is 0 Å². The molecule has 0 amide bonds. The van der Waals surface area contributed by atoms with E-state index >= 15 is 0 Å². The van der Waals surface area contributed by atoms with Gasteiger partial charge in [-0.15, -0.1) is 0 Å². The summed E-state index contributed by atoms with van der Waals surface area (Å²) in [7, 11) is 0. The molecule has 18 heavy (non-hydrogen) atoms. The normalized spacial score (nSPS) is 13.9. The second kappa shape index (κ2) is 9.88. The van der Waals surface area contributed by atoms with Crippen molar-refractivity contribution in [3.8, 4) is 0 Å². The molecule has 0 aromatic rings. The van der Waals surface area contributed by atoms with Crippen molar-refractivity contribution in [1.82, 2.24) is 0 Å². The highest BCUT2D eigenvalue weighted by atomic mass is 16.5. The van der Waals surface area contributed by atoms with Crippen molar-refractivity contribution >= 4 is 11.9 Å². The van der Waals surface area contributed by atoms with E-state index in [1.165, 1.54) is 0 Å². The van der Waals surface area contributed by atoms with E-state index in [0.29, 0.717) is 19.3 Å². The van der Waals surface area contributed by atoms with Crippen LogP contribution in [0.3, 0.4) is 0 Å². The number of ether oxygens (including phenoxy) is 1. The van der Waals surface area contributed by atoms with Gasteiger partial charge in [0.2, 0.25) is 0 Å². The molecular weight excluding hydrogens is 236 g/mol. The number of esters is 1. The highest BCUT2D eigenvalue weighted by molar-refractivity contribution is 5.70. The summed E-state index contributed by atoms with van der Waals surface area (Å²) >= 11 is 0. The molecule has 0 aliphatic carbocycles. The Kier molecular flexibility index (Phi) is 9.28. The van der Waals surface area contributed by atoms with Crippen molar-refractivity contribution in [3.05, 3.63) is 0 Å². The van der Waals surface area contributed by atoms with Gasteiger partial charge in [-0.1, -0.05) is 26.7 Å². The summed E-state index contributed by atoms with van der Waals surface area (Å²) in [6.45, 7) is 3.86. The van der Waals surface area contributed by atoms with Gasteiger partial charge >= 0.3 is 11.9 Å². The molecule has 106 valence electrons. The Morgan fingerprint density at radius 1 is 1.22 bits per heavy atom. The first-order valence-corrected chi connectivity index (χ1v) is 6.58. The standard InChI is InChI=1S/C13H24O5/c1-3-5-6-10(14)9-13(17)18-11(4-2)7-8-12(15)16/h10-11,14H,3-9H2,1-2H3,(H,15,16). The number of carbonyl (C=O) groups excluding carboxylic acids is 1. The lowest BCUT2D eigenvalue weighted by atomic mass is 10.1. The van der Waals surface area contributed by atoms with E-state index in [1.54, 1.807) is 0 Å². The average molecular weight is 260 g/mol. The summed E-state index contributed by atoms with van der Waals surface area (Å²) < 4.78 is 5.14. The van der Waals surface area contributed by atoms with Crippen molar-refractivity contribution in [1.29, 1.82) is 0 Å². The van der Waals surface area contributed by atoms with Gasteiger partial charge in [-0.3, -0.25) is 9.59 Å². The molecule has 0 saturated carbocycles. The predicted molar refractivity (Wildman–Crippen MR) is 67.2 cm³/mol. The number of aliphatic hydroxyl groups excluding tert-OH is 1. The van der Waals surface area contributed by atoms with Crippen LogP contribution in [0.25, 0.3) is 0 Å². The van der Waals surface area contributed by atoms with Gasteiger partial charge in [-0.2, -0.15) is 0 Å². The van der Waals surface area contributed by atoms with Gasteiger partial charge in [0.25, 0.3) is 0 Å². The van der Waals surface area contributed by atoms with Crippen LogP contribution in [-0.2, 0) is 14.3 Å². The molecule has 0 aliphatic heterocycles. The SMILES string of the molecule is CCCCC(O)CC(=O)OC(CC)CCC(=O)O. The summed E-state index contributed by atoms with van der Waals surface area (Å²) in [5, 5.41) is 18.1. The molecule has 5 nitrogen and oxygen atoms in total. The lowest BCUT2D eigenvalue weighted by molar-refractivity contribution is -0.153. The second-order valence-electron chi connectivity index (χ2n) is 4.45. The summed E-state index contributed by atoms with van der Waals surface area (Å²) in [6, 6.07) is 0. The topological polar surface area (TPSA) is 83.8 Å². The Hall–Kier alpha value is -1.10. The highest BCUT2D eigenvalue weighted by Gasteiger charge is 2.17. The van der Waals surface area contributed by atoms with Crippen LogP contribution in [-0.4, -0.2) is 34.4 Å². The number of aliphatic carboxylic acids is 1. The molecule has 2 N–H and O–H groups in total. The third-order valence-corrected chi connectivity index (χ3v) is 2.73. The first-order valence-electron chi connectivity index (χ1n) is 6.58. The van der Waals surface area contributed by atoms with Crippen LogP contribution in [0.2, 0.25) is 0 Å². The van der Waals surface area contributed by atoms with Crippen LogP contribution >= 0.6 is 0 Å². The number of hydrogen-bond donors (Lipinski definition) is 2. The molecule has 0 aromatic carbocycles. The number of carboxylic acid groups (broad SMARTS) is 1. The number of hydrogen-bond acceptors (Lipinski definition) is 4. The molecule has 0 radical (unpaired) electrons. The Morgan fingerprint density at radius 2 is 1.89 bits per heavy atom. The Morgan fingerprint density at radius 3 is 2.39 bits per heavy atom. The van der Waals surface area contributed by atoms with Gasteiger partial charge in [-0.25, -0.2) is 0 Å².